The van der Waals surface area contributed by atoms with E-state index in [1.54, 1.807) is 11.0 Å². The molecule has 0 saturated heterocycles. The maximum absolute atomic E-state index is 12.9. The molecule has 0 radical (unpaired) electrons. The maximum Gasteiger partial charge on any atom is 0.290 e. The smallest absolute Gasteiger partial charge is 0.290 e. The number of amides is 1. The molecule has 1 aromatic heterocycles. The van der Waals surface area contributed by atoms with Crippen LogP contribution in [0.25, 0.3) is 0 Å². The molecule has 1 fully saturated rings. The van der Waals surface area contributed by atoms with E-state index in [1.165, 1.54) is 6.26 Å². The first-order chi connectivity index (χ1) is 11.1. The van der Waals surface area contributed by atoms with Crippen LogP contribution in [-0.4, -0.2) is 28.1 Å². The van der Waals surface area contributed by atoms with Crippen molar-refractivity contribution in [1.29, 1.82) is 0 Å². The van der Waals surface area contributed by atoms with Crippen molar-refractivity contribution >= 4 is 5.91 Å². The molecule has 1 N–H and O–H groups in total. The minimum atomic E-state index is -0.773. The van der Waals surface area contributed by atoms with Crippen molar-refractivity contribution in [3.05, 3.63) is 59.5 Å². The fraction of sp³-hybridized carbons (Fsp3) is 0.421. The van der Waals surface area contributed by atoms with E-state index in [1.807, 2.05) is 37.3 Å². The standard InChI is InChI=1S/C19H23NO3/c1-15-9-12-23-17(15)18(21)20(13-16-7-3-2-4-8-16)14-19(22)10-5-6-11-19/h2-4,7-9,12,22H,5-6,10-11,13-14H2,1H3. The van der Waals surface area contributed by atoms with Gasteiger partial charge in [-0.3, -0.25) is 4.79 Å². The second-order valence-corrected chi connectivity index (χ2v) is 6.51. The van der Waals surface area contributed by atoms with Crippen LogP contribution in [0.2, 0.25) is 0 Å². The van der Waals surface area contributed by atoms with Crippen molar-refractivity contribution in [2.75, 3.05) is 6.54 Å². The number of nitrogens with zero attached hydrogens (tertiary/aromatic N) is 1. The number of benzene rings is 1. The molecule has 1 amide bonds. The third-order valence-corrected chi connectivity index (χ3v) is 4.58. The first-order valence-electron chi connectivity index (χ1n) is 8.17. The van der Waals surface area contributed by atoms with Gasteiger partial charge in [-0.2, -0.15) is 0 Å². The molecule has 2 aromatic rings. The monoisotopic (exact) mass is 313 g/mol. The van der Waals surface area contributed by atoms with Gasteiger partial charge >= 0.3 is 0 Å². The Morgan fingerprint density at radius 2 is 1.91 bits per heavy atom. The number of hydrogen-bond acceptors (Lipinski definition) is 3. The molecule has 1 aliphatic carbocycles. The van der Waals surface area contributed by atoms with Gasteiger partial charge in [0.1, 0.15) is 0 Å². The molecule has 4 heteroatoms. The van der Waals surface area contributed by atoms with Gasteiger partial charge in [0.25, 0.3) is 5.91 Å². The zero-order valence-corrected chi connectivity index (χ0v) is 13.5. The number of carbonyl (C=O) groups excluding carboxylic acids is 1. The summed E-state index contributed by atoms with van der Waals surface area (Å²) in [6, 6.07) is 11.7. The van der Waals surface area contributed by atoms with Crippen LogP contribution in [0.15, 0.2) is 47.1 Å². The van der Waals surface area contributed by atoms with Crippen LogP contribution in [0.1, 0.15) is 47.4 Å². The Hall–Kier alpha value is -2.07. The zero-order valence-electron chi connectivity index (χ0n) is 13.5. The molecule has 1 saturated carbocycles. The molecule has 4 nitrogen and oxygen atoms in total. The molecule has 3 rings (SSSR count). The van der Waals surface area contributed by atoms with Crippen molar-refractivity contribution in [2.45, 2.75) is 44.8 Å². The lowest BCUT2D eigenvalue weighted by molar-refractivity contribution is 0.00671. The first kappa shape index (κ1) is 15.8. The summed E-state index contributed by atoms with van der Waals surface area (Å²) in [6.45, 7) is 2.69. The van der Waals surface area contributed by atoms with Gasteiger partial charge in [0.05, 0.1) is 18.4 Å². The normalized spacial score (nSPS) is 16.4. The van der Waals surface area contributed by atoms with Crippen LogP contribution in [0.3, 0.4) is 0 Å². The Morgan fingerprint density at radius 1 is 1.22 bits per heavy atom. The highest BCUT2D eigenvalue weighted by molar-refractivity contribution is 5.92. The highest BCUT2D eigenvalue weighted by Crippen LogP contribution is 2.31. The van der Waals surface area contributed by atoms with Gasteiger partial charge in [0, 0.05) is 12.1 Å². The van der Waals surface area contributed by atoms with Gasteiger partial charge in [-0.25, -0.2) is 0 Å². The average Bonchev–Trinajstić information content (AvgIpc) is 3.16. The molecule has 0 bridgehead atoms. The number of aliphatic hydroxyl groups is 1. The number of furan rings is 1. The van der Waals surface area contributed by atoms with Gasteiger partial charge < -0.3 is 14.4 Å². The third kappa shape index (κ3) is 3.64. The Labute approximate surface area is 136 Å². The number of rotatable bonds is 5. The number of carbonyl (C=O) groups is 1. The summed E-state index contributed by atoms with van der Waals surface area (Å²) < 4.78 is 5.37. The Kier molecular flexibility index (Phi) is 4.53. The summed E-state index contributed by atoms with van der Waals surface area (Å²) in [5.74, 6) is 0.208. The maximum atomic E-state index is 12.9. The van der Waals surface area contributed by atoms with Crippen LogP contribution in [0, 0.1) is 6.92 Å². The Morgan fingerprint density at radius 3 is 2.52 bits per heavy atom. The largest absolute Gasteiger partial charge is 0.459 e. The molecule has 0 spiro atoms. The topological polar surface area (TPSA) is 53.7 Å². The highest BCUT2D eigenvalue weighted by Gasteiger charge is 2.35. The molecule has 0 unspecified atom stereocenters. The second kappa shape index (κ2) is 6.59. The summed E-state index contributed by atoms with van der Waals surface area (Å²) in [4.78, 5) is 14.6. The highest BCUT2D eigenvalue weighted by atomic mass is 16.3. The summed E-state index contributed by atoms with van der Waals surface area (Å²) in [5, 5.41) is 10.7. The Bertz CT molecular complexity index is 656. The van der Waals surface area contributed by atoms with E-state index in [4.69, 9.17) is 4.42 Å². The van der Waals surface area contributed by atoms with Crippen LogP contribution < -0.4 is 0 Å². The number of hydrogen-bond donors (Lipinski definition) is 1. The quantitative estimate of drug-likeness (QED) is 0.918. The minimum absolute atomic E-state index is 0.156. The van der Waals surface area contributed by atoms with Crippen molar-refractivity contribution in [1.82, 2.24) is 4.90 Å². The summed E-state index contributed by atoms with van der Waals surface area (Å²) >= 11 is 0. The lowest BCUT2D eigenvalue weighted by Crippen LogP contribution is -2.43. The van der Waals surface area contributed by atoms with Gasteiger partial charge in [0.2, 0.25) is 0 Å². The van der Waals surface area contributed by atoms with Gasteiger partial charge in [0.15, 0.2) is 5.76 Å². The van der Waals surface area contributed by atoms with Crippen molar-refractivity contribution in [2.24, 2.45) is 0 Å². The van der Waals surface area contributed by atoms with E-state index in [-0.39, 0.29) is 5.91 Å². The predicted molar refractivity (Wildman–Crippen MR) is 88.0 cm³/mol. The van der Waals surface area contributed by atoms with Gasteiger partial charge in [-0.1, -0.05) is 43.2 Å². The van der Waals surface area contributed by atoms with E-state index >= 15 is 0 Å². The first-order valence-corrected chi connectivity index (χ1v) is 8.17. The van der Waals surface area contributed by atoms with Crippen LogP contribution in [0.5, 0.6) is 0 Å². The van der Waals surface area contributed by atoms with Crippen molar-refractivity contribution < 1.29 is 14.3 Å². The number of aryl methyl sites for hydroxylation is 1. The van der Waals surface area contributed by atoms with Crippen LogP contribution >= 0.6 is 0 Å². The SMILES string of the molecule is Cc1ccoc1C(=O)N(Cc1ccccc1)CC1(O)CCCC1. The lowest BCUT2D eigenvalue weighted by atomic mass is 10.0. The van der Waals surface area contributed by atoms with E-state index in [0.717, 1.165) is 36.8 Å². The zero-order chi connectivity index (χ0) is 16.3. The van der Waals surface area contributed by atoms with E-state index in [0.29, 0.717) is 18.8 Å². The minimum Gasteiger partial charge on any atom is -0.459 e. The fourth-order valence-electron chi connectivity index (χ4n) is 3.29. The molecule has 122 valence electrons. The average molecular weight is 313 g/mol. The third-order valence-electron chi connectivity index (χ3n) is 4.58. The predicted octanol–water partition coefficient (Wildman–Crippen LogP) is 3.54. The molecule has 1 aliphatic rings. The molecule has 0 aliphatic heterocycles. The fourth-order valence-corrected chi connectivity index (χ4v) is 3.29. The molecule has 1 aromatic carbocycles. The summed E-state index contributed by atoms with van der Waals surface area (Å²) in [7, 11) is 0. The van der Waals surface area contributed by atoms with E-state index < -0.39 is 5.60 Å². The summed E-state index contributed by atoms with van der Waals surface area (Å²) in [5.41, 5.74) is 1.10. The van der Waals surface area contributed by atoms with Gasteiger partial charge in [-0.05, 0) is 31.4 Å². The lowest BCUT2D eigenvalue weighted by Gasteiger charge is -2.31. The van der Waals surface area contributed by atoms with Crippen LogP contribution in [-0.2, 0) is 6.54 Å². The second-order valence-electron chi connectivity index (χ2n) is 6.51. The van der Waals surface area contributed by atoms with Gasteiger partial charge in [-0.15, -0.1) is 0 Å². The Balaban J connectivity index is 1.83. The molecular formula is C19H23NO3. The molecule has 0 atom stereocenters. The van der Waals surface area contributed by atoms with E-state index in [2.05, 4.69) is 0 Å². The van der Waals surface area contributed by atoms with E-state index in [9.17, 15) is 9.90 Å². The van der Waals surface area contributed by atoms with Crippen molar-refractivity contribution in [3.8, 4) is 0 Å². The molecule has 1 heterocycles. The summed E-state index contributed by atoms with van der Waals surface area (Å²) in [6.07, 6.45) is 5.08. The molecule has 23 heavy (non-hydrogen) atoms. The molecular weight excluding hydrogens is 290 g/mol. The van der Waals surface area contributed by atoms with Crippen LogP contribution in [0.4, 0.5) is 0 Å². The van der Waals surface area contributed by atoms with Crippen molar-refractivity contribution in [3.63, 3.8) is 0 Å².